The second-order valence-electron chi connectivity index (χ2n) is 5.39. The van der Waals surface area contributed by atoms with Gasteiger partial charge in [-0.25, -0.2) is 0 Å². The number of carbonyl (C=O) groups is 2. The highest BCUT2D eigenvalue weighted by Gasteiger charge is 2.29. The van der Waals surface area contributed by atoms with E-state index >= 15 is 0 Å². The number of carbonyl (C=O) groups excluding carboxylic acids is 2. The SMILES string of the molecule is CC(CN)CNC(=O)c1ccc(NC(=O)C2CC2)cc1. The summed E-state index contributed by atoms with van der Waals surface area (Å²) in [5.74, 6) is 0.385. The minimum Gasteiger partial charge on any atom is -0.352 e. The van der Waals surface area contributed by atoms with Gasteiger partial charge in [0.05, 0.1) is 0 Å². The minimum atomic E-state index is -0.120. The molecular formula is C15H21N3O2. The second-order valence-corrected chi connectivity index (χ2v) is 5.39. The number of nitrogens with two attached hydrogens (primary N) is 1. The van der Waals surface area contributed by atoms with Crippen molar-refractivity contribution in [1.82, 2.24) is 5.32 Å². The molecule has 4 N–H and O–H groups in total. The largest absolute Gasteiger partial charge is 0.352 e. The number of anilines is 1. The first-order valence-electron chi connectivity index (χ1n) is 6.99. The third kappa shape index (κ3) is 4.06. The average Bonchev–Trinajstić information content (AvgIpc) is 3.29. The summed E-state index contributed by atoms with van der Waals surface area (Å²) >= 11 is 0. The van der Waals surface area contributed by atoms with Gasteiger partial charge in [0.15, 0.2) is 0 Å². The topological polar surface area (TPSA) is 84.2 Å². The molecule has 1 unspecified atom stereocenters. The third-order valence-electron chi connectivity index (χ3n) is 3.38. The molecule has 1 aliphatic rings. The van der Waals surface area contributed by atoms with Crippen LogP contribution in [0.25, 0.3) is 0 Å². The Morgan fingerprint density at radius 3 is 2.50 bits per heavy atom. The van der Waals surface area contributed by atoms with Crippen molar-refractivity contribution in [2.24, 2.45) is 17.6 Å². The number of hydrogen-bond acceptors (Lipinski definition) is 3. The lowest BCUT2D eigenvalue weighted by Crippen LogP contribution is -2.31. The van der Waals surface area contributed by atoms with Crippen LogP contribution in [0.5, 0.6) is 0 Å². The van der Waals surface area contributed by atoms with Crippen LogP contribution in [0, 0.1) is 11.8 Å². The van der Waals surface area contributed by atoms with E-state index in [-0.39, 0.29) is 23.7 Å². The highest BCUT2D eigenvalue weighted by Crippen LogP contribution is 2.30. The Bertz CT molecular complexity index is 480. The maximum absolute atomic E-state index is 11.9. The summed E-state index contributed by atoms with van der Waals surface area (Å²) in [7, 11) is 0. The van der Waals surface area contributed by atoms with Crippen LogP contribution in [0.2, 0.25) is 0 Å². The Labute approximate surface area is 118 Å². The zero-order valence-electron chi connectivity index (χ0n) is 11.7. The van der Waals surface area contributed by atoms with E-state index < -0.39 is 0 Å². The molecule has 1 saturated carbocycles. The van der Waals surface area contributed by atoms with Gasteiger partial charge in [-0.2, -0.15) is 0 Å². The predicted octanol–water partition coefficient (Wildman–Crippen LogP) is 1.36. The van der Waals surface area contributed by atoms with Gasteiger partial charge in [0.25, 0.3) is 5.91 Å². The normalized spacial score (nSPS) is 15.5. The van der Waals surface area contributed by atoms with Crippen LogP contribution in [0.1, 0.15) is 30.1 Å². The van der Waals surface area contributed by atoms with Crippen molar-refractivity contribution in [1.29, 1.82) is 0 Å². The number of hydrogen-bond donors (Lipinski definition) is 3. The van der Waals surface area contributed by atoms with Crippen molar-refractivity contribution in [3.05, 3.63) is 29.8 Å². The molecule has 0 aromatic heterocycles. The molecule has 0 aliphatic heterocycles. The molecule has 0 heterocycles. The number of amides is 2. The highest BCUT2D eigenvalue weighted by atomic mass is 16.2. The first kappa shape index (κ1) is 14.5. The monoisotopic (exact) mass is 275 g/mol. The minimum absolute atomic E-state index is 0.0685. The van der Waals surface area contributed by atoms with E-state index in [1.165, 1.54) is 0 Å². The van der Waals surface area contributed by atoms with Gasteiger partial charge < -0.3 is 16.4 Å². The fourth-order valence-corrected chi connectivity index (χ4v) is 1.75. The van der Waals surface area contributed by atoms with E-state index in [9.17, 15) is 9.59 Å². The van der Waals surface area contributed by atoms with Gasteiger partial charge in [0.1, 0.15) is 0 Å². The van der Waals surface area contributed by atoms with Crippen LogP contribution in [0.3, 0.4) is 0 Å². The van der Waals surface area contributed by atoms with Crippen LogP contribution in [0.15, 0.2) is 24.3 Å². The first-order chi connectivity index (χ1) is 9.60. The molecule has 1 aliphatic carbocycles. The summed E-state index contributed by atoms with van der Waals surface area (Å²) in [5, 5.41) is 5.67. The van der Waals surface area contributed by atoms with Gasteiger partial charge in [-0.1, -0.05) is 6.92 Å². The molecule has 108 valence electrons. The maximum Gasteiger partial charge on any atom is 0.251 e. The molecule has 2 amide bonds. The molecule has 0 spiro atoms. The Balaban J connectivity index is 1.86. The Morgan fingerprint density at radius 2 is 1.95 bits per heavy atom. The van der Waals surface area contributed by atoms with Crippen molar-refractivity contribution in [3.8, 4) is 0 Å². The number of nitrogens with one attached hydrogen (secondary N) is 2. The fourth-order valence-electron chi connectivity index (χ4n) is 1.75. The van der Waals surface area contributed by atoms with Gasteiger partial charge >= 0.3 is 0 Å². The third-order valence-corrected chi connectivity index (χ3v) is 3.38. The zero-order chi connectivity index (χ0) is 14.5. The lowest BCUT2D eigenvalue weighted by Gasteiger charge is -2.10. The van der Waals surface area contributed by atoms with E-state index in [4.69, 9.17) is 5.73 Å². The van der Waals surface area contributed by atoms with Crippen molar-refractivity contribution in [3.63, 3.8) is 0 Å². The van der Waals surface area contributed by atoms with E-state index in [2.05, 4.69) is 10.6 Å². The number of benzene rings is 1. The summed E-state index contributed by atoms with van der Waals surface area (Å²) in [6.07, 6.45) is 1.96. The summed E-state index contributed by atoms with van der Waals surface area (Å²) in [4.78, 5) is 23.5. The maximum atomic E-state index is 11.9. The van der Waals surface area contributed by atoms with E-state index in [0.717, 1.165) is 18.5 Å². The van der Waals surface area contributed by atoms with Gasteiger partial charge in [-0.15, -0.1) is 0 Å². The molecule has 5 nitrogen and oxygen atoms in total. The average molecular weight is 275 g/mol. The van der Waals surface area contributed by atoms with Crippen LogP contribution >= 0.6 is 0 Å². The lowest BCUT2D eigenvalue weighted by molar-refractivity contribution is -0.117. The Kier molecular flexibility index (Phi) is 4.74. The molecule has 0 bridgehead atoms. The Morgan fingerprint density at radius 1 is 1.30 bits per heavy atom. The van der Waals surface area contributed by atoms with Crippen molar-refractivity contribution in [2.45, 2.75) is 19.8 Å². The summed E-state index contributed by atoms with van der Waals surface area (Å²) in [5.41, 5.74) is 6.81. The number of rotatable bonds is 6. The molecule has 1 atom stereocenters. The van der Waals surface area contributed by atoms with Gasteiger partial charge in [-0.3, -0.25) is 9.59 Å². The molecule has 5 heteroatoms. The fraction of sp³-hybridized carbons (Fsp3) is 0.467. The van der Waals surface area contributed by atoms with E-state index in [1.54, 1.807) is 24.3 Å². The zero-order valence-corrected chi connectivity index (χ0v) is 11.7. The molecule has 1 aromatic carbocycles. The van der Waals surface area contributed by atoms with Crippen LogP contribution in [-0.4, -0.2) is 24.9 Å². The molecule has 2 rings (SSSR count). The Hall–Kier alpha value is -1.88. The summed E-state index contributed by atoms with van der Waals surface area (Å²) < 4.78 is 0. The summed E-state index contributed by atoms with van der Waals surface area (Å²) in [6, 6.07) is 6.93. The molecular weight excluding hydrogens is 254 g/mol. The molecule has 1 aromatic rings. The molecule has 1 fully saturated rings. The van der Waals surface area contributed by atoms with Crippen LogP contribution < -0.4 is 16.4 Å². The molecule has 0 saturated heterocycles. The first-order valence-corrected chi connectivity index (χ1v) is 6.99. The second kappa shape index (κ2) is 6.52. The summed E-state index contributed by atoms with van der Waals surface area (Å²) in [6.45, 7) is 3.10. The standard InChI is InChI=1S/C15H21N3O2/c1-10(8-16)9-17-14(19)11-4-6-13(7-5-11)18-15(20)12-2-3-12/h4-7,10,12H,2-3,8-9,16H2,1H3,(H,17,19)(H,18,20). The lowest BCUT2D eigenvalue weighted by atomic mass is 10.1. The van der Waals surface area contributed by atoms with Crippen LogP contribution in [0.4, 0.5) is 5.69 Å². The predicted molar refractivity (Wildman–Crippen MR) is 78.3 cm³/mol. The highest BCUT2D eigenvalue weighted by molar-refractivity contribution is 5.96. The van der Waals surface area contributed by atoms with Crippen LogP contribution in [-0.2, 0) is 4.79 Å². The molecule has 20 heavy (non-hydrogen) atoms. The van der Waals surface area contributed by atoms with E-state index in [0.29, 0.717) is 18.7 Å². The van der Waals surface area contributed by atoms with Gasteiger partial charge in [0.2, 0.25) is 5.91 Å². The van der Waals surface area contributed by atoms with Crippen molar-refractivity contribution < 1.29 is 9.59 Å². The quantitative estimate of drug-likeness (QED) is 0.733. The smallest absolute Gasteiger partial charge is 0.251 e. The van der Waals surface area contributed by atoms with Crippen molar-refractivity contribution in [2.75, 3.05) is 18.4 Å². The molecule has 0 radical (unpaired) electrons. The van der Waals surface area contributed by atoms with Gasteiger partial charge in [-0.05, 0) is 49.6 Å². The van der Waals surface area contributed by atoms with Crippen molar-refractivity contribution >= 4 is 17.5 Å². The van der Waals surface area contributed by atoms with E-state index in [1.807, 2.05) is 6.92 Å². The van der Waals surface area contributed by atoms with Gasteiger partial charge in [0, 0.05) is 23.7 Å².